The molecule has 0 amide bonds. The molecule has 1 aliphatic carbocycles. The van der Waals surface area contributed by atoms with Crippen molar-refractivity contribution in [1.29, 1.82) is 0 Å². The fourth-order valence-electron chi connectivity index (χ4n) is 2.30. The van der Waals surface area contributed by atoms with Crippen LogP contribution < -0.4 is 0 Å². The largest absolute Gasteiger partial charge is 0.391 e. The molecule has 3 rings (SSSR count). The molecule has 1 fully saturated rings. The Hall–Kier alpha value is -2.09. The number of hydrogen-bond donors (Lipinski definition) is 0. The smallest absolute Gasteiger partial charge is 0.142 e. The standard InChI is InChI=1S/C18H19NO/c1-2-9-17(10-3-1)18-11-5-8-16(12-18)14-20-19-13-15-6-4-7-15/h1-3,5,8-13,15H,4,6-7,14H2. The summed E-state index contributed by atoms with van der Waals surface area (Å²) in [6.45, 7) is 0.532. The fraction of sp³-hybridized carbons (Fsp3) is 0.278. The Morgan fingerprint density at radius 3 is 2.55 bits per heavy atom. The lowest BCUT2D eigenvalue weighted by molar-refractivity contribution is 0.129. The van der Waals surface area contributed by atoms with Crippen molar-refractivity contribution in [1.82, 2.24) is 0 Å². The van der Waals surface area contributed by atoms with Gasteiger partial charge in [0, 0.05) is 6.21 Å². The summed E-state index contributed by atoms with van der Waals surface area (Å²) in [4.78, 5) is 5.39. The highest BCUT2D eigenvalue weighted by atomic mass is 16.6. The Balaban J connectivity index is 1.61. The lowest BCUT2D eigenvalue weighted by Gasteiger charge is -2.19. The topological polar surface area (TPSA) is 21.6 Å². The zero-order valence-electron chi connectivity index (χ0n) is 11.5. The number of nitrogens with zero attached hydrogens (tertiary/aromatic N) is 1. The molecule has 0 aromatic heterocycles. The SMILES string of the molecule is C(=NOCc1cccc(-c2ccccc2)c1)C1CCC1. The summed E-state index contributed by atoms with van der Waals surface area (Å²) < 4.78 is 0. The monoisotopic (exact) mass is 265 g/mol. The van der Waals surface area contributed by atoms with E-state index in [4.69, 9.17) is 4.84 Å². The van der Waals surface area contributed by atoms with Gasteiger partial charge in [-0.2, -0.15) is 0 Å². The van der Waals surface area contributed by atoms with Crippen molar-refractivity contribution in [3.8, 4) is 11.1 Å². The van der Waals surface area contributed by atoms with Crippen LogP contribution in [0.4, 0.5) is 0 Å². The van der Waals surface area contributed by atoms with Crippen molar-refractivity contribution in [3.63, 3.8) is 0 Å². The van der Waals surface area contributed by atoms with E-state index in [1.54, 1.807) is 0 Å². The van der Waals surface area contributed by atoms with Crippen LogP contribution in [0.1, 0.15) is 24.8 Å². The molecule has 2 aromatic carbocycles. The van der Waals surface area contributed by atoms with Crippen LogP contribution in [0.15, 0.2) is 59.8 Å². The number of benzene rings is 2. The maximum absolute atomic E-state index is 5.39. The molecule has 102 valence electrons. The lowest BCUT2D eigenvalue weighted by Crippen LogP contribution is -2.11. The van der Waals surface area contributed by atoms with E-state index in [-0.39, 0.29) is 0 Å². The van der Waals surface area contributed by atoms with Crippen LogP contribution in [0.3, 0.4) is 0 Å². The van der Waals surface area contributed by atoms with Gasteiger partial charge in [0.25, 0.3) is 0 Å². The summed E-state index contributed by atoms with van der Waals surface area (Å²) in [7, 11) is 0. The van der Waals surface area contributed by atoms with Crippen molar-refractivity contribution in [2.24, 2.45) is 11.1 Å². The quantitative estimate of drug-likeness (QED) is 0.569. The minimum atomic E-state index is 0.532. The Morgan fingerprint density at radius 1 is 1.00 bits per heavy atom. The van der Waals surface area contributed by atoms with E-state index in [1.165, 1.54) is 30.4 Å². The van der Waals surface area contributed by atoms with Gasteiger partial charge in [0.15, 0.2) is 0 Å². The number of rotatable bonds is 5. The van der Waals surface area contributed by atoms with Crippen molar-refractivity contribution >= 4 is 6.21 Å². The molecule has 0 unspecified atom stereocenters. The van der Waals surface area contributed by atoms with Gasteiger partial charge in [-0.15, -0.1) is 0 Å². The lowest BCUT2D eigenvalue weighted by atomic mass is 9.87. The summed E-state index contributed by atoms with van der Waals surface area (Å²) in [6.07, 6.45) is 5.80. The van der Waals surface area contributed by atoms with Crippen molar-refractivity contribution < 1.29 is 4.84 Å². The van der Waals surface area contributed by atoms with Gasteiger partial charge in [0.2, 0.25) is 0 Å². The molecule has 0 aliphatic heterocycles. The van der Waals surface area contributed by atoms with Crippen LogP contribution in [0.25, 0.3) is 11.1 Å². The average molecular weight is 265 g/mol. The van der Waals surface area contributed by atoms with Crippen LogP contribution in [0.5, 0.6) is 0 Å². The van der Waals surface area contributed by atoms with Gasteiger partial charge in [-0.3, -0.25) is 0 Å². The van der Waals surface area contributed by atoms with E-state index in [0.717, 1.165) is 5.56 Å². The Morgan fingerprint density at radius 2 is 1.80 bits per heavy atom. The molecule has 0 N–H and O–H groups in total. The molecule has 0 heterocycles. The van der Waals surface area contributed by atoms with E-state index < -0.39 is 0 Å². The first-order valence-corrected chi connectivity index (χ1v) is 7.21. The van der Waals surface area contributed by atoms with Gasteiger partial charge in [0.05, 0.1) is 0 Å². The Kier molecular flexibility index (Phi) is 4.12. The van der Waals surface area contributed by atoms with Gasteiger partial charge < -0.3 is 4.84 Å². The van der Waals surface area contributed by atoms with E-state index in [2.05, 4.69) is 53.7 Å². The minimum Gasteiger partial charge on any atom is -0.391 e. The second kappa shape index (κ2) is 6.38. The van der Waals surface area contributed by atoms with E-state index >= 15 is 0 Å². The highest BCUT2D eigenvalue weighted by Crippen LogP contribution is 2.24. The van der Waals surface area contributed by atoms with Crippen LogP contribution in [0.2, 0.25) is 0 Å². The number of hydrogen-bond acceptors (Lipinski definition) is 2. The molecule has 0 atom stereocenters. The van der Waals surface area contributed by atoms with Crippen LogP contribution >= 0.6 is 0 Å². The number of oxime groups is 1. The van der Waals surface area contributed by atoms with Crippen molar-refractivity contribution in [3.05, 3.63) is 60.2 Å². The summed E-state index contributed by atoms with van der Waals surface area (Å²) in [5.41, 5.74) is 3.60. The molecule has 2 nitrogen and oxygen atoms in total. The maximum Gasteiger partial charge on any atom is 0.142 e. The normalized spacial score (nSPS) is 15.2. The van der Waals surface area contributed by atoms with E-state index in [9.17, 15) is 0 Å². The third kappa shape index (κ3) is 3.27. The van der Waals surface area contributed by atoms with Gasteiger partial charge in [0.1, 0.15) is 6.61 Å². The fourth-order valence-corrected chi connectivity index (χ4v) is 2.30. The summed E-state index contributed by atoms with van der Waals surface area (Å²) in [6, 6.07) is 18.8. The second-order valence-electron chi connectivity index (χ2n) is 5.29. The minimum absolute atomic E-state index is 0.532. The van der Waals surface area contributed by atoms with Crippen molar-refractivity contribution in [2.45, 2.75) is 25.9 Å². The van der Waals surface area contributed by atoms with Crippen LogP contribution in [0, 0.1) is 5.92 Å². The Labute approximate surface area is 120 Å². The van der Waals surface area contributed by atoms with E-state index in [0.29, 0.717) is 12.5 Å². The third-order valence-corrected chi connectivity index (χ3v) is 3.76. The first-order valence-electron chi connectivity index (χ1n) is 7.21. The van der Waals surface area contributed by atoms with Crippen LogP contribution in [-0.4, -0.2) is 6.21 Å². The molecule has 1 aliphatic rings. The first-order chi connectivity index (χ1) is 9.92. The summed E-state index contributed by atoms with van der Waals surface area (Å²) in [5, 5.41) is 4.07. The van der Waals surface area contributed by atoms with Gasteiger partial charge in [-0.05, 0) is 41.5 Å². The maximum atomic E-state index is 5.39. The summed E-state index contributed by atoms with van der Waals surface area (Å²) in [5.74, 6) is 0.644. The first kappa shape index (κ1) is 12.9. The molecule has 1 saturated carbocycles. The van der Waals surface area contributed by atoms with Crippen molar-refractivity contribution in [2.75, 3.05) is 0 Å². The molecular formula is C18H19NO. The molecular weight excluding hydrogens is 246 g/mol. The van der Waals surface area contributed by atoms with Crippen LogP contribution in [-0.2, 0) is 11.4 Å². The van der Waals surface area contributed by atoms with Gasteiger partial charge in [-0.25, -0.2) is 0 Å². The molecule has 0 bridgehead atoms. The highest BCUT2D eigenvalue weighted by Gasteiger charge is 2.14. The third-order valence-electron chi connectivity index (χ3n) is 3.76. The van der Waals surface area contributed by atoms with E-state index in [1.807, 2.05) is 12.3 Å². The molecule has 0 radical (unpaired) electrons. The predicted molar refractivity (Wildman–Crippen MR) is 82.5 cm³/mol. The molecule has 2 aromatic rings. The van der Waals surface area contributed by atoms with Gasteiger partial charge >= 0.3 is 0 Å². The zero-order chi connectivity index (χ0) is 13.6. The second-order valence-corrected chi connectivity index (χ2v) is 5.29. The summed E-state index contributed by atoms with van der Waals surface area (Å²) >= 11 is 0. The molecule has 0 saturated heterocycles. The molecule has 2 heteroatoms. The molecule has 0 spiro atoms. The highest BCUT2D eigenvalue weighted by molar-refractivity contribution is 5.64. The zero-order valence-corrected chi connectivity index (χ0v) is 11.5. The van der Waals surface area contributed by atoms with Gasteiger partial charge in [-0.1, -0.05) is 60.1 Å². The Bertz CT molecular complexity index is 573. The average Bonchev–Trinajstić information content (AvgIpc) is 2.46. The molecule has 20 heavy (non-hydrogen) atoms. The predicted octanol–water partition coefficient (Wildman–Crippen LogP) is 4.66.